The number of rotatable bonds is 2. The van der Waals surface area contributed by atoms with E-state index in [0.717, 1.165) is 16.8 Å². The summed E-state index contributed by atoms with van der Waals surface area (Å²) in [4.78, 5) is 14.2. The molecule has 0 unspecified atom stereocenters. The second kappa shape index (κ2) is 6.45. The topological polar surface area (TPSA) is 32.3 Å². The molecule has 0 bridgehead atoms. The van der Waals surface area contributed by atoms with Crippen LogP contribution in [-0.4, -0.2) is 11.0 Å². The van der Waals surface area contributed by atoms with Gasteiger partial charge in [0.15, 0.2) is 5.11 Å². The van der Waals surface area contributed by atoms with Crippen molar-refractivity contribution in [3.8, 4) is 0 Å². The highest BCUT2D eigenvalue weighted by Crippen LogP contribution is 2.25. The number of hydrogen-bond acceptors (Lipinski definition) is 2. The van der Waals surface area contributed by atoms with Crippen LogP contribution in [0.2, 0.25) is 0 Å². The van der Waals surface area contributed by atoms with Gasteiger partial charge in [-0.15, -0.1) is 0 Å². The maximum Gasteiger partial charge on any atom is 0.281 e. The number of benzene rings is 2. The first-order chi connectivity index (χ1) is 11.3. The fourth-order valence-electron chi connectivity index (χ4n) is 2.62. The number of hydrogen-bond donors (Lipinski definition) is 1. The number of thiocarbonyl (C=S) groups is 1. The van der Waals surface area contributed by atoms with Gasteiger partial charge in [-0.25, -0.2) is 4.39 Å². The lowest BCUT2D eigenvalue weighted by Crippen LogP contribution is -2.30. The number of nitrogens with zero attached hydrogens (tertiary/aromatic N) is 1. The first-order valence-electron chi connectivity index (χ1n) is 7.25. The second-order valence-corrected chi connectivity index (χ2v) is 6.89. The third-order valence-corrected chi connectivity index (χ3v) is 4.49. The minimum absolute atomic E-state index is 0.231. The van der Waals surface area contributed by atoms with Gasteiger partial charge in [-0.2, -0.15) is 0 Å². The Labute approximate surface area is 153 Å². The van der Waals surface area contributed by atoms with E-state index in [4.69, 9.17) is 12.2 Å². The summed E-state index contributed by atoms with van der Waals surface area (Å²) in [6, 6.07) is 10.4. The molecular weight excluding hydrogens is 391 g/mol. The van der Waals surface area contributed by atoms with E-state index in [2.05, 4.69) is 21.2 Å². The molecule has 2 aromatic carbocycles. The number of carbonyl (C=O) groups is 1. The molecule has 122 valence electrons. The highest BCUT2D eigenvalue weighted by Gasteiger charge is 2.32. The van der Waals surface area contributed by atoms with Crippen LogP contribution >= 0.6 is 28.1 Å². The minimum Gasteiger partial charge on any atom is -0.327 e. The van der Waals surface area contributed by atoms with Crippen LogP contribution in [0.25, 0.3) is 6.08 Å². The molecule has 1 aliphatic rings. The summed E-state index contributed by atoms with van der Waals surface area (Å²) in [7, 11) is 0. The zero-order valence-electron chi connectivity index (χ0n) is 13.1. The van der Waals surface area contributed by atoms with Crippen LogP contribution in [0.5, 0.6) is 0 Å². The van der Waals surface area contributed by atoms with E-state index in [1.165, 1.54) is 11.0 Å². The van der Waals surface area contributed by atoms with Crippen molar-refractivity contribution in [3.05, 3.63) is 69.1 Å². The molecule has 24 heavy (non-hydrogen) atoms. The summed E-state index contributed by atoms with van der Waals surface area (Å²) in [5, 5.41) is 3.26. The molecule has 0 radical (unpaired) electrons. The summed E-state index contributed by atoms with van der Waals surface area (Å²) in [5.41, 5.74) is 3.90. The fraction of sp³-hybridized carbons (Fsp3) is 0.111. The average molecular weight is 405 g/mol. The molecule has 1 amide bonds. The number of nitrogens with one attached hydrogen (secondary N) is 1. The van der Waals surface area contributed by atoms with Gasteiger partial charge in [0.05, 0.1) is 10.2 Å². The van der Waals surface area contributed by atoms with Crippen molar-refractivity contribution < 1.29 is 9.18 Å². The molecule has 0 aliphatic carbocycles. The largest absolute Gasteiger partial charge is 0.327 e. The zero-order valence-corrected chi connectivity index (χ0v) is 15.5. The monoisotopic (exact) mass is 404 g/mol. The Morgan fingerprint density at radius 3 is 2.46 bits per heavy atom. The lowest BCUT2D eigenvalue weighted by Gasteiger charge is -2.15. The third kappa shape index (κ3) is 3.25. The molecule has 0 spiro atoms. The molecule has 1 fully saturated rings. The van der Waals surface area contributed by atoms with Crippen LogP contribution in [0.3, 0.4) is 0 Å². The van der Waals surface area contributed by atoms with Crippen molar-refractivity contribution in [2.24, 2.45) is 0 Å². The normalized spacial score (nSPS) is 16.0. The van der Waals surface area contributed by atoms with Crippen molar-refractivity contribution in [1.29, 1.82) is 0 Å². The number of anilines is 1. The summed E-state index contributed by atoms with van der Waals surface area (Å²) in [6.07, 6.45) is 1.65. The average Bonchev–Trinajstić information content (AvgIpc) is 2.76. The van der Waals surface area contributed by atoms with Crippen molar-refractivity contribution in [2.75, 3.05) is 4.90 Å². The van der Waals surface area contributed by atoms with Gasteiger partial charge >= 0.3 is 0 Å². The number of amides is 1. The van der Waals surface area contributed by atoms with Gasteiger partial charge in [0.2, 0.25) is 0 Å². The molecule has 6 heteroatoms. The minimum atomic E-state index is -0.352. The van der Waals surface area contributed by atoms with Crippen molar-refractivity contribution in [1.82, 2.24) is 5.32 Å². The number of aryl methyl sites for hydroxylation is 2. The van der Waals surface area contributed by atoms with Crippen molar-refractivity contribution in [3.63, 3.8) is 0 Å². The lowest BCUT2D eigenvalue weighted by atomic mass is 10.1. The van der Waals surface area contributed by atoms with Crippen LogP contribution in [0.15, 0.2) is 46.6 Å². The summed E-state index contributed by atoms with van der Waals surface area (Å²) >= 11 is 8.45. The molecule has 3 rings (SSSR count). The Balaban J connectivity index is 1.96. The van der Waals surface area contributed by atoms with Crippen LogP contribution < -0.4 is 10.2 Å². The molecule has 1 heterocycles. The Morgan fingerprint density at radius 2 is 1.83 bits per heavy atom. The van der Waals surface area contributed by atoms with Crippen molar-refractivity contribution in [2.45, 2.75) is 13.8 Å². The fourth-order valence-corrected chi connectivity index (χ4v) is 3.31. The molecule has 0 atom stereocenters. The van der Waals surface area contributed by atoms with Crippen LogP contribution in [0.4, 0.5) is 10.1 Å². The molecular formula is C18H14BrFN2OS. The summed E-state index contributed by atoms with van der Waals surface area (Å²) < 4.78 is 13.7. The van der Waals surface area contributed by atoms with Gasteiger partial charge in [0.1, 0.15) is 11.5 Å². The Bertz CT molecular complexity index is 874. The molecule has 0 saturated carbocycles. The highest BCUT2D eigenvalue weighted by atomic mass is 79.9. The van der Waals surface area contributed by atoms with Crippen LogP contribution in [-0.2, 0) is 4.79 Å². The standard InChI is InChI=1S/C18H14BrFN2OS/c1-10-5-11(2)7-13(6-10)22-17(23)16(21-18(22)24)9-12-3-4-15(20)14(19)8-12/h3-9H,1-2H3,(H,21,24)/b16-9+. The summed E-state index contributed by atoms with van der Waals surface area (Å²) in [5.74, 6) is -0.583. The first-order valence-corrected chi connectivity index (χ1v) is 8.46. The van der Waals surface area contributed by atoms with E-state index in [9.17, 15) is 9.18 Å². The van der Waals surface area contributed by atoms with E-state index in [0.29, 0.717) is 20.8 Å². The van der Waals surface area contributed by atoms with E-state index >= 15 is 0 Å². The Hall–Kier alpha value is -2.05. The van der Waals surface area contributed by atoms with E-state index in [1.807, 2.05) is 32.0 Å². The maximum absolute atomic E-state index is 13.3. The quantitative estimate of drug-likeness (QED) is 0.591. The van der Waals surface area contributed by atoms with E-state index in [-0.39, 0.29) is 11.7 Å². The molecule has 0 aromatic heterocycles. The zero-order chi connectivity index (χ0) is 17.4. The Morgan fingerprint density at radius 1 is 1.17 bits per heavy atom. The third-order valence-electron chi connectivity index (χ3n) is 3.60. The number of carbonyl (C=O) groups excluding carboxylic acids is 1. The van der Waals surface area contributed by atoms with Gasteiger partial charge in [-0.05, 0) is 89.0 Å². The van der Waals surface area contributed by atoms with Gasteiger partial charge in [-0.1, -0.05) is 12.1 Å². The van der Waals surface area contributed by atoms with Crippen molar-refractivity contribution >= 4 is 50.9 Å². The van der Waals surface area contributed by atoms with Gasteiger partial charge in [-0.3, -0.25) is 9.69 Å². The van der Waals surface area contributed by atoms with E-state index in [1.54, 1.807) is 18.2 Å². The van der Waals surface area contributed by atoms with Gasteiger partial charge < -0.3 is 5.32 Å². The second-order valence-electron chi connectivity index (χ2n) is 5.65. The predicted molar refractivity (Wildman–Crippen MR) is 101 cm³/mol. The molecule has 1 N–H and O–H groups in total. The van der Waals surface area contributed by atoms with Crippen LogP contribution in [0, 0.1) is 19.7 Å². The smallest absolute Gasteiger partial charge is 0.281 e. The summed E-state index contributed by atoms with van der Waals surface area (Å²) in [6.45, 7) is 3.95. The first kappa shape index (κ1) is 16.8. The number of halogens is 2. The van der Waals surface area contributed by atoms with Gasteiger partial charge in [0.25, 0.3) is 5.91 Å². The van der Waals surface area contributed by atoms with E-state index < -0.39 is 0 Å². The Kier molecular flexibility index (Phi) is 4.51. The highest BCUT2D eigenvalue weighted by molar-refractivity contribution is 9.10. The predicted octanol–water partition coefficient (Wildman–Crippen LogP) is 4.47. The maximum atomic E-state index is 13.3. The van der Waals surface area contributed by atoms with Gasteiger partial charge in [0, 0.05) is 0 Å². The molecule has 1 saturated heterocycles. The molecule has 1 aliphatic heterocycles. The van der Waals surface area contributed by atoms with Crippen LogP contribution in [0.1, 0.15) is 16.7 Å². The molecule has 2 aromatic rings. The lowest BCUT2D eigenvalue weighted by molar-refractivity contribution is -0.113. The molecule has 3 nitrogen and oxygen atoms in total. The SMILES string of the molecule is Cc1cc(C)cc(N2C(=O)/C(=C\c3ccc(F)c(Br)c3)NC2=S)c1.